The van der Waals surface area contributed by atoms with Crippen molar-refractivity contribution in [1.29, 1.82) is 0 Å². The van der Waals surface area contributed by atoms with Crippen LogP contribution in [0.25, 0.3) is 104 Å². The normalized spacial score (nSPS) is 11.2. The molecule has 5 heterocycles. The SMILES string of the molecule is [C-]#[N+]c1cccc(-c2ccc(-c3cc4c5cccnc5c(-c5cccc(-c6cc(-c7ccncc7)nc(-c7ccncc7)c6)c5)cc4c4cccnc34)cc2)c1. The highest BCUT2D eigenvalue weighted by Gasteiger charge is 2.17. The zero-order valence-electron chi connectivity index (χ0n) is 30.0. The second-order valence-electron chi connectivity index (χ2n) is 13.7. The summed E-state index contributed by atoms with van der Waals surface area (Å²) in [6, 6.07) is 50.1. The highest BCUT2D eigenvalue weighted by molar-refractivity contribution is 6.22. The van der Waals surface area contributed by atoms with E-state index in [2.05, 4.69) is 99.7 Å². The van der Waals surface area contributed by atoms with Crippen LogP contribution < -0.4 is 0 Å². The molecule has 0 unspecified atom stereocenters. The molecule has 10 aromatic rings. The molecule has 0 aliphatic carbocycles. The van der Waals surface area contributed by atoms with Gasteiger partial charge in [0.15, 0.2) is 5.69 Å². The molecule has 56 heavy (non-hydrogen) atoms. The Morgan fingerprint density at radius 2 is 0.875 bits per heavy atom. The maximum atomic E-state index is 7.43. The zero-order valence-corrected chi connectivity index (χ0v) is 30.0. The first-order valence-electron chi connectivity index (χ1n) is 18.3. The fourth-order valence-corrected chi connectivity index (χ4v) is 7.64. The number of aromatic nitrogens is 5. The van der Waals surface area contributed by atoms with Gasteiger partial charge >= 0.3 is 0 Å². The van der Waals surface area contributed by atoms with E-state index in [1.165, 1.54) is 0 Å². The standard InChI is InChI=1S/C50H30N6/c1-51-40-9-3-7-37(27-40)32-12-14-33(15-13-32)43-30-45-42-11-5-21-55-50(42)44(31-46(45)41-10-4-20-54-49(41)43)38-8-2-6-36(26-38)39-28-47(34-16-22-52-23-17-34)56-48(29-39)35-18-24-53-25-19-35/h2-31H. The summed E-state index contributed by atoms with van der Waals surface area (Å²) in [5.41, 5.74) is 14.7. The van der Waals surface area contributed by atoms with E-state index in [1.807, 2.05) is 73.1 Å². The molecule has 0 spiro atoms. The Morgan fingerprint density at radius 3 is 1.46 bits per heavy atom. The summed E-state index contributed by atoms with van der Waals surface area (Å²) in [7, 11) is 0. The summed E-state index contributed by atoms with van der Waals surface area (Å²) < 4.78 is 0. The van der Waals surface area contributed by atoms with Crippen LogP contribution in [0.4, 0.5) is 5.69 Å². The molecule has 6 heteroatoms. The van der Waals surface area contributed by atoms with Crippen molar-refractivity contribution >= 4 is 38.3 Å². The van der Waals surface area contributed by atoms with Crippen molar-refractivity contribution in [1.82, 2.24) is 24.9 Å². The van der Waals surface area contributed by atoms with E-state index in [0.29, 0.717) is 5.69 Å². The minimum absolute atomic E-state index is 0.630. The highest BCUT2D eigenvalue weighted by atomic mass is 14.7. The molecule has 0 saturated heterocycles. The molecule has 6 nitrogen and oxygen atoms in total. The predicted molar refractivity (Wildman–Crippen MR) is 227 cm³/mol. The van der Waals surface area contributed by atoms with Gasteiger partial charge in [-0.3, -0.25) is 19.9 Å². The highest BCUT2D eigenvalue weighted by Crippen LogP contribution is 2.42. The summed E-state index contributed by atoms with van der Waals surface area (Å²) in [5, 5.41) is 4.40. The molecule has 0 fully saturated rings. The van der Waals surface area contributed by atoms with Crippen molar-refractivity contribution in [3.05, 3.63) is 194 Å². The lowest BCUT2D eigenvalue weighted by Gasteiger charge is -2.16. The summed E-state index contributed by atoms with van der Waals surface area (Å²) in [6.07, 6.45) is 10.9. The second kappa shape index (κ2) is 13.8. The van der Waals surface area contributed by atoms with Crippen molar-refractivity contribution in [3.63, 3.8) is 0 Å². The van der Waals surface area contributed by atoms with Crippen LogP contribution in [-0.4, -0.2) is 24.9 Å². The van der Waals surface area contributed by atoms with E-state index in [-0.39, 0.29) is 0 Å². The molecule has 0 amide bonds. The minimum atomic E-state index is 0.630. The lowest BCUT2D eigenvalue weighted by molar-refractivity contribution is 1.27. The molecule has 0 N–H and O–H groups in total. The summed E-state index contributed by atoms with van der Waals surface area (Å²) in [5.74, 6) is 0. The fourth-order valence-electron chi connectivity index (χ4n) is 7.64. The Morgan fingerprint density at radius 1 is 0.357 bits per heavy atom. The Bertz CT molecular complexity index is 3080. The second-order valence-corrected chi connectivity index (χ2v) is 13.7. The van der Waals surface area contributed by atoms with Crippen molar-refractivity contribution in [2.75, 3.05) is 0 Å². The summed E-state index contributed by atoms with van der Waals surface area (Å²) in [6.45, 7) is 7.43. The smallest absolute Gasteiger partial charge is 0.187 e. The van der Waals surface area contributed by atoms with Gasteiger partial charge in [0.25, 0.3) is 0 Å². The minimum Gasteiger partial charge on any atom is -0.265 e. The van der Waals surface area contributed by atoms with Gasteiger partial charge in [-0.15, -0.1) is 0 Å². The lowest BCUT2D eigenvalue weighted by atomic mass is 9.90. The monoisotopic (exact) mass is 714 g/mol. The van der Waals surface area contributed by atoms with E-state index >= 15 is 0 Å². The van der Waals surface area contributed by atoms with Crippen LogP contribution in [0.5, 0.6) is 0 Å². The van der Waals surface area contributed by atoms with Gasteiger partial charge in [-0.1, -0.05) is 72.8 Å². The van der Waals surface area contributed by atoms with Crippen LogP contribution >= 0.6 is 0 Å². The van der Waals surface area contributed by atoms with Crippen molar-refractivity contribution in [2.24, 2.45) is 0 Å². The number of benzene rings is 5. The molecule has 0 bridgehead atoms. The number of nitrogens with zero attached hydrogens (tertiary/aromatic N) is 6. The molecule has 0 aliphatic rings. The van der Waals surface area contributed by atoms with Crippen LogP contribution in [0, 0.1) is 6.57 Å². The molecule has 5 aromatic carbocycles. The van der Waals surface area contributed by atoms with Gasteiger partial charge in [-0.25, -0.2) is 9.83 Å². The third kappa shape index (κ3) is 5.90. The first-order chi connectivity index (χ1) is 27.7. The van der Waals surface area contributed by atoms with Crippen LogP contribution in [0.2, 0.25) is 0 Å². The average Bonchev–Trinajstić information content (AvgIpc) is 3.29. The Hall–Kier alpha value is -7.88. The maximum Gasteiger partial charge on any atom is 0.187 e. The molecule has 5 aromatic heterocycles. The molecular formula is C50H30N6. The topological polar surface area (TPSA) is 68.8 Å². The molecule has 10 rings (SSSR count). The number of hydrogen-bond acceptors (Lipinski definition) is 5. The number of pyridine rings is 5. The largest absolute Gasteiger partial charge is 0.265 e. The van der Waals surface area contributed by atoms with Crippen LogP contribution in [0.15, 0.2) is 183 Å². The molecule has 0 aliphatic heterocycles. The average molecular weight is 715 g/mol. The lowest BCUT2D eigenvalue weighted by Crippen LogP contribution is -1.93. The van der Waals surface area contributed by atoms with Gasteiger partial charge in [0.1, 0.15) is 0 Å². The van der Waals surface area contributed by atoms with E-state index in [0.717, 1.165) is 99.6 Å². The van der Waals surface area contributed by atoms with Crippen LogP contribution in [0.1, 0.15) is 0 Å². The fraction of sp³-hybridized carbons (Fsp3) is 0. The van der Waals surface area contributed by atoms with Gasteiger partial charge in [-0.05, 0) is 117 Å². The van der Waals surface area contributed by atoms with E-state index in [4.69, 9.17) is 21.5 Å². The third-order valence-corrected chi connectivity index (χ3v) is 10.4. The summed E-state index contributed by atoms with van der Waals surface area (Å²) >= 11 is 0. The van der Waals surface area contributed by atoms with Gasteiger partial charge in [-0.2, -0.15) is 0 Å². The molecule has 0 atom stereocenters. The van der Waals surface area contributed by atoms with Crippen LogP contribution in [0.3, 0.4) is 0 Å². The molecule has 0 radical (unpaired) electrons. The van der Waals surface area contributed by atoms with Gasteiger partial charge < -0.3 is 0 Å². The number of fused-ring (bicyclic) bond motifs is 5. The van der Waals surface area contributed by atoms with Gasteiger partial charge in [0, 0.05) is 70.2 Å². The maximum absolute atomic E-state index is 7.43. The third-order valence-electron chi connectivity index (χ3n) is 10.4. The number of hydrogen-bond donors (Lipinski definition) is 0. The predicted octanol–water partition coefficient (Wildman–Crippen LogP) is 12.7. The van der Waals surface area contributed by atoms with E-state index in [9.17, 15) is 0 Å². The molecule has 260 valence electrons. The van der Waals surface area contributed by atoms with Gasteiger partial charge in [0.2, 0.25) is 0 Å². The van der Waals surface area contributed by atoms with Crippen LogP contribution in [-0.2, 0) is 0 Å². The number of rotatable bonds is 6. The Balaban J connectivity index is 1.13. The van der Waals surface area contributed by atoms with Gasteiger partial charge in [0.05, 0.1) is 29.0 Å². The van der Waals surface area contributed by atoms with Crippen molar-refractivity contribution < 1.29 is 0 Å². The molecular weight excluding hydrogens is 685 g/mol. The first-order valence-corrected chi connectivity index (χ1v) is 18.3. The molecule has 0 saturated carbocycles. The Labute approximate surface area is 323 Å². The van der Waals surface area contributed by atoms with Crippen molar-refractivity contribution in [3.8, 4) is 67.0 Å². The van der Waals surface area contributed by atoms with E-state index < -0.39 is 0 Å². The van der Waals surface area contributed by atoms with E-state index in [1.54, 1.807) is 24.8 Å². The zero-order chi connectivity index (χ0) is 37.4. The van der Waals surface area contributed by atoms with Crippen molar-refractivity contribution in [2.45, 2.75) is 0 Å². The quantitative estimate of drug-likeness (QED) is 0.127. The summed E-state index contributed by atoms with van der Waals surface area (Å²) in [4.78, 5) is 27.1. The first kappa shape index (κ1) is 32.7. The Kier molecular flexibility index (Phi) is 8.09.